The van der Waals surface area contributed by atoms with Gasteiger partial charge in [-0.05, 0) is 44.4 Å². The second-order valence-electron chi connectivity index (χ2n) is 19.7. The molecule has 0 aliphatic carbocycles. The van der Waals surface area contributed by atoms with Crippen molar-refractivity contribution in [2.24, 2.45) is 5.92 Å². The van der Waals surface area contributed by atoms with E-state index in [2.05, 4.69) is 46.9 Å². The summed E-state index contributed by atoms with van der Waals surface area (Å²) in [5, 5.41) is 3.44. The van der Waals surface area contributed by atoms with Crippen molar-refractivity contribution in [3.8, 4) is 0 Å². The van der Waals surface area contributed by atoms with Crippen LogP contribution in [0.15, 0.2) is 0 Å². The van der Waals surface area contributed by atoms with Crippen LogP contribution in [0.5, 0.6) is 0 Å². The van der Waals surface area contributed by atoms with Crippen molar-refractivity contribution >= 4 is 36.1 Å². The molecule has 0 aromatic rings. The fraction of sp³-hybridized carbons (Fsp3) is 0.898. The topological polar surface area (TPSA) is 173 Å². The Balaban J connectivity index is -0.00000131. The quantitative estimate of drug-likeness (QED) is 0.0264. The van der Waals surface area contributed by atoms with Crippen LogP contribution in [0.25, 0.3) is 0 Å². The minimum Gasteiger partial charge on any atom is -0.466 e. The molecule has 0 aromatic carbocycles. The molecule has 0 saturated carbocycles. The fourth-order valence-electron chi connectivity index (χ4n) is 7.55. The number of nitrogens with one attached hydrogen (secondary N) is 1. The molecule has 1 rings (SSSR count). The van der Waals surface area contributed by atoms with Crippen LogP contribution in [-0.4, -0.2) is 120 Å². The van der Waals surface area contributed by atoms with E-state index in [9.17, 15) is 28.8 Å². The van der Waals surface area contributed by atoms with Gasteiger partial charge in [0.1, 0.15) is 19.5 Å². The average molecular weight is 1040 g/mol. The number of rotatable bonds is 43. The standard InChI is InChI=1S/C33H60N2O8.C11H22O2.C9H20O.C6H12O/c1-4-7-9-11-13-17-21-40-31(37)23-35(24-32(38)41-22-18-14-12-10-8-5-2)25-33(39)43-27-29-20-16-15-19-28(34-29)26-42-30(36)6-3;1-3-5-6-7-8-9-10-13-11(12)4-2;1-3-4-5-6-7-8-9-10-2;1-3-6(2)4-5-7/h28-29,34H,4-27H2,1-3H3;3-10H2,1-2H3;3-9H2,1-2H3;5-6H,3-4H2,1-2H3. The lowest BCUT2D eigenvalue weighted by atomic mass is 10.1. The van der Waals surface area contributed by atoms with Gasteiger partial charge in [-0.25, -0.2) is 0 Å². The first-order valence-electron chi connectivity index (χ1n) is 29.6. The molecule has 1 fully saturated rings. The van der Waals surface area contributed by atoms with Crippen molar-refractivity contribution < 1.29 is 57.2 Å². The molecule has 1 saturated heterocycles. The maximum Gasteiger partial charge on any atom is 0.320 e. The zero-order valence-electron chi connectivity index (χ0n) is 48.6. The molecule has 14 heteroatoms. The molecule has 0 amide bonds. The van der Waals surface area contributed by atoms with Gasteiger partial charge in [0, 0.05) is 45.1 Å². The van der Waals surface area contributed by atoms with E-state index in [0.717, 1.165) is 96.4 Å². The summed E-state index contributed by atoms with van der Waals surface area (Å²) in [5.74, 6) is -1.19. The number of nitrogens with zero attached hydrogens (tertiary/aromatic N) is 1. The second kappa shape index (κ2) is 59.8. The van der Waals surface area contributed by atoms with Crippen molar-refractivity contribution in [1.29, 1.82) is 0 Å². The molecular weight excluding hydrogens is 929 g/mol. The molecule has 3 unspecified atom stereocenters. The van der Waals surface area contributed by atoms with Gasteiger partial charge >= 0.3 is 29.8 Å². The van der Waals surface area contributed by atoms with Crippen LogP contribution in [0.1, 0.15) is 261 Å². The maximum atomic E-state index is 12.8. The fourth-order valence-corrected chi connectivity index (χ4v) is 7.55. The third-order valence-electron chi connectivity index (χ3n) is 12.5. The highest BCUT2D eigenvalue weighted by Crippen LogP contribution is 2.15. The molecule has 1 N–H and O–H groups in total. The summed E-state index contributed by atoms with van der Waals surface area (Å²) in [6, 6.07) is -0.0455. The molecular formula is C59H114N2O12. The van der Waals surface area contributed by atoms with Gasteiger partial charge in [0.25, 0.3) is 0 Å². The monoisotopic (exact) mass is 1040 g/mol. The summed E-state index contributed by atoms with van der Waals surface area (Å²) in [4.78, 5) is 71.3. The van der Waals surface area contributed by atoms with Gasteiger partial charge in [-0.2, -0.15) is 0 Å². The predicted molar refractivity (Wildman–Crippen MR) is 297 cm³/mol. The van der Waals surface area contributed by atoms with Gasteiger partial charge in [-0.3, -0.25) is 28.9 Å². The number of aldehydes is 1. The van der Waals surface area contributed by atoms with E-state index in [0.29, 0.717) is 45.2 Å². The van der Waals surface area contributed by atoms with Crippen molar-refractivity contribution in [2.75, 3.05) is 66.4 Å². The summed E-state index contributed by atoms with van der Waals surface area (Å²) in [6.45, 7) is 18.6. The Morgan fingerprint density at radius 1 is 0.466 bits per heavy atom. The third-order valence-corrected chi connectivity index (χ3v) is 12.5. The van der Waals surface area contributed by atoms with E-state index in [-0.39, 0.29) is 50.3 Å². The summed E-state index contributed by atoms with van der Waals surface area (Å²) < 4.78 is 31.5. The first-order chi connectivity index (χ1) is 35.4. The average Bonchev–Trinajstić information content (AvgIpc) is 3.63. The molecule has 0 aromatic heterocycles. The lowest BCUT2D eigenvalue weighted by molar-refractivity contribution is -0.152. The van der Waals surface area contributed by atoms with E-state index in [1.165, 1.54) is 114 Å². The number of carbonyl (C=O) groups is 6. The Bertz CT molecular complexity index is 1210. The number of ether oxygens (including phenoxy) is 6. The number of hydrogen-bond donors (Lipinski definition) is 1. The Hall–Kier alpha value is -3.10. The van der Waals surface area contributed by atoms with Crippen LogP contribution >= 0.6 is 0 Å². The van der Waals surface area contributed by atoms with Crippen LogP contribution in [0.3, 0.4) is 0 Å². The minimum atomic E-state index is -0.521. The zero-order chi connectivity index (χ0) is 54.8. The van der Waals surface area contributed by atoms with Crippen LogP contribution in [0.4, 0.5) is 0 Å². The maximum absolute atomic E-state index is 12.8. The molecule has 0 spiro atoms. The molecule has 1 aliphatic rings. The van der Waals surface area contributed by atoms with Crippen molar-refractivity contribution in [2.45, 2.75) is 273 Å². The van der Waals surface area contributed by atoms with E-state index in [1.807, 2.05) is 6.92 Å². The molecule has 432 valence electrons. The number of methoxy groups -OCH3 is 1. The van der Waals surface area contributed by atoms with Crippen LogP contribution < -0.4 is 5.32 Å². The van der Waals surface area contributed by atoms with Gasteiger partial charge in [0.2, 0.25) is 0 Å². The van der Waals surface area contributed by atoms with Crippen molar-refractivity contribution in [1.82, 2.24) is 10.2 Å². The molecule has 0 radical (unpaired) electrons. The normalized spacial score (nSPS) is 14.4. The van der Waals surface area contributed by atoms with Crippen molar-refractivity contribution in [3.63, 3.8) is 0 Å². The summed E-state index contributed by atoms with van der Waals surface area (Å²) in [6.07, 6.45) is 35.9. The summed E-state index contributed by atoms with van der Waals surface area (Å²) in [5.41, 5.74) is 0. The number of carbonyl (C=O) groups excluding carboxylic acids is 6. The Kier molecular flexibility index (Phi) is 60.7. The predicted octanol–water partition coefficient (Wildman–Crippen LogP) is 13.4. The lowest BCUT2D eigenvalue weighted by Gasteiger charge is -2.23. The van der Waals surface area contributed by atoms with Gasteiger partial charge < -0.3 is 38.5 Å². The van der Waals surface area contributed by atoms with Gasteiger partial charge in [0.15, 0.2) is 0 Å². The molecule has 1 heterocycles. The van der Waals surface area contributed by atoms with Crippen LogP contribution in [0, 0.1) is 5.92 Å². The number of esters is 5. The Labute approximate surface area is 447 Å². The van der Waals surface area contributed by atoms with E-state index in [1.54, 1.807) is 14.0 Å². The van der Waals surface area contributed by atoms with Gasteiger partial charge in [-0.1, -0.05) is 203 Å². The molecule has 14 nitrogen and oxygen atoms in total. The Morgan fingerprint density at radius 2 is 0.781 bits per heavy atom. The second-order valence-corrected chi connectivity index (χ2v) is 19.7. The summed E-state index contributed by atoms with van der Waals surface area (Å²) >= 11 is 0. The minimum absolute atomic E-state index is 0.0148. The van der Waals surface area contributed by atoms with Crippen molar-refractivity contribution in [3.05, 3.63) is 0 Å². The SMILES string of the molecule is CCC(C)CC=O.CCCCCCCCOC.CCCCCCCCOC(=O)CC.CCCCCCCCOC(=O)CN(CC(=O)OCCCCCCCC)CC(=O)OCC1CCCCC(COC(=O)CC)N1. The summed E-state index contributed by atoms with van der Waals surface area (Å²) in [7, 11) is 1.77. The highest BCUT2D eigenvalue weighted by molar-refractivity contribution is 5.78. The molecule has 1 aliphatic heterocycles. The zero-order valence-corrected chi connectivity index (χ0v) is 48.6. The van der Waals surface area contributed by atoms with E-state index in [4.69, 9.17) is 28.4 Å². The number of unbranched alkanes of at least 4 members (excludes halogenated alkanes) is 20. The van der Waals surface area contributed by atoms with Gasteiger partial charge in [-0.15, -0.1) is 0 Å². The van der Waals surface area contributed by atoms with Gasteiger partial charge in [0.05, 0.1) is 39.5 Å². The largest absolute Gasteiger partial charge is 0.466 e. The first-order valence-corrected chi connectivity index (χ1v) is 29.6. The lowest BCUT2D eigenvalue weighted by Crippen LogP contribution is -2.44. The van der Waals surface area contributed by atoms with E-state index < -0.39 is 17.9 Å². The van der Waals surface area contributed by atoms with Crippen LogP contribution in [-0.2, 0) is 57.2 Å². The number of hydrogen-bond acceptors (Lipinski definition) is 14. The third kappa shape index (κ3) is 58.0. The molecule has 73 heavy (non-hydrogen) atoms. The smallest absolute Gasteiger partial charge is 0.320 e. The molecule has 3 atom stereocenters. The first kappa shape index (κ1) is 74.1. The Morgan fingerprint density at radius 3 is 1.11 bits per heavy atom. The highest BCUT2D eigenvalue weighted by Gasteiger charge is 2.24. The van der Waals surface area contributed by atoms with Crippen LogP contribution in [0.2, 0.25) is 0 Å². The highest BCUT2D eigenvalue weighted by atomic mass is 16.6. The van der Waals surface area contributed by atoms with E-state index >= 15 is 0 Å². The molecule has 0 bridgehead atoms.